The number of nitrogens with one attached hydrogen (secondary N) is 1. The van der Waals surface area contributed by atoms with Crippen molar-refractivity contribution >= 4 is 22.8 Å². The highest BCUT2D eigenvalue weighted by molar-refractivity contribution is 5.93. The highest BCUT2D eigenvalue weighted by Crippen LogP contribution is 2.38. The number of nitrogens with zero attached hydrogens (tertiary/aromatic N) is 9. The Morgan fingerprint density at radius 3 is 2.78 bits per heavy atom. The topological polar surface area (TPSA) is 159 Å². The molecule has 2 fully saturated rings. The van der Waals surface area contributed by atoms with Crippen LogP contribution in [0.2, 0.25) is 0 Å². The predicted octanol–water partition coefficient (Wildman–Crippen LogP) is 1.42. The highest BCUT2D eigenvalue weighted by atomic mass is 16.2. The number of H-pyrrole nitrogens is 1. The number of fused-ring (bicyclic) bond motifs is 1. The van der Waals surface area contributed by atoms with Gasteiger partial charge in [0, 0.05) is 56.2 Å². The van der Waals surface area contributed by atoms with E-state index in [1.807, 2.05) is 28.0 Å². The summed E-state index contributed by atoms with van der Waals surface area (Å²) in [6, 6.07) is 6.25. The van der Waals surface area contributed by atoms with Crippen molar-refractivity contribution in [3.8, 4) is 17.3 Å². The molecule has 2 aliphatic rings. The fraction of sp³-hybridized carbons (Fsp3) is 0.375. The molecule has 0 atom stereocenters. The lowest BCUT2D eigenvalue weighted by atomic mass is 9.83. The summed E-state index contributed by atoms with van der Waals surface area (Å²) in [5.41, 5.74) is 8.49. The van der Waals surface area contributed by atoms with E-state index in [4.69, 9.17) is 5.73 Å². The van der Waals surface area contributed by atoms with E-state index >= 15 is 0 Å². The molecule has 0 bridgehead atoms. The van der Waals surface area contributed by atoms with Gasteiger partial charge in [0.2, 0.25) is 0 Å². The molecule has 182 valence electrons. The lowest BCUT2D eigenvalue weighted by molar-refractivity contribution is -0.0411. The van der Waals surface area contributed by atoms with Crippen molar-refractivity contribution in [3.05, 3.63) is 49.1 Å². The monoisotopic (exact) mass is 483 g/mol. The first kappa shape index (κ1) is 22.1. The van der Waals surface area contributed by atoms with Gasteiger partial charge in [0.25, 0.3) is 5.91 Å². The number of likely N-dealkylation sites (tertiary alicyclic amines) is 2. The first-order valence-electron chi connectivity index (χ1n) is 11.9. The minimum absolute atomic E-state index is 0.0564. The molecule has 2 aliphatic heterocycles. The SMILES string of the molecule is N#CCC1(n2cc(-c3ncnc4[nH]ccc34)c(N)n2)CN(C2CCN(C(=O)c3ccncn3)CC2)C1. The second kappa shape index (κ2) is 8.69. The van der Waals surface area contributed by atoms with Gasteiger partial charge in [0.15, 0.2) is 5.82 Å². The van der Waals surface area contributed by atoms with Gasteiger partial charge < -0.3 is 15.6 Å². The Kier molecular flexibility index (Phi) is 5.34. The summed E-state index contributed by atoms with van der Waals surface area (Å²) in [6.07, 6.45) is 10.3. The zero-order valence-electron chi connectivity index (χ0n) is 19.6. The van der Waals surface area contributed by atoms with E-state index in [1.54, 1.807) is 12.3 Å². The van der Waals surface area contributed by atoms with Crippen LogP contribution in [0.25, 0.3) is 22.3 Å². The van der Waals surface area contributed by atoms with Crippen molar-refractivity contribution in [2.45, 2.75) is 30.8 Å². The summed E-state index contributed by atoms with van der Waals surface area (Å²) in [5, 5.41) is 15.1. The van der Waals surface area contributed by atoms with Crippen molar-refractivity contribution in [1.82, 2.24) is 44.5 Å². The molecule has 12 nitrogen and oxygen atoms in total. The summed E-state index contributed by atoms with van der Waals surface area (Å²) in [6.45, 7) is 2.76. The van der Waals surface area contributed by atoms with Crippen LogP contribution in [-0.2, 0) is 5.54 Å². The number of nitriles is 1. The molecular formula is C24H25N11O. The van der Waals surface area contributed by atoms with Crippen molar-refractivity contribution in [2.24, 2.45) is 0 Å². The largest absolute Gasteiger partial charge is 0.382 e. The lowest BCUT2D eigenvalue weighted by Gasteiger charge is -2.53. The number of rotatable bonds is 5. The van der Waals surface area contributed by atoms with E-state index in [0.29, 0.717) is 55.8 Å². The third-order valence-electron chi connectivity index (χ3n) is 7.31. The van der Waals surface area contributed by atoms with Gasteiger partial charge in [-0.3, -0.25) is 14.4 Å². The zero-order valence-corrected chi connectivity index (χ0v) is 19.6. The first-order valence-corrected chi connectivity index (χ1v) is 11.9. The maximum Gasteiger partial charge on any atom is 0.272 e. The summed E-state index contributed by atoms with van der Waals surface area (Å²) in [7, 11) is 0. The van der Waals surface area contributed by atoms with Gasteiger partial charge in [0.05, 0.1) is 23.7 Å². The molecule has 0 saturated carbocycles. The number of anilines is 1. The predicted molar refractivity (Wildman–Crippen MR) is 130 cm³/mol. The number of carbonyl (C=O) groups is 1. The molecule has 0 radical (unpaired) electrons. The number of nitrogen functional groups attached to an aromatic ring is 1. The van der Waals surface area contributed by atoms with Crippen LogP contribution in [0.1, 0.15) is 29.8 Å². The number of hydrogen-bond acceptors (Lipinski definition) is 9. The van der Waals surface area contributed by atoms with Gasteiger partial charge in [-0.1, -0.05) is 0 Å². The quantitative estimate of drug-likeness (QED) is 0.428. The van der Waals surface area contributed by atoms with E-state index in [-0.39, 0.29) is 5.91 Å². The fourth-order valence-electron chi connectivity index (χ4n) is 5.37. The second-order valence-corrected chi connectivity index (χ2v) is 9.42. The summed E-state index contributed by atoms with van der Waals surface area (Å²) < 4.78 is 1.85. The smallest absolute Gasteiger partial charge is 0.272 e. The molecule has 3 N–H and O–H groups in total. The first-order chi connectivity index (χ1) is 17.6. The fourth-order valence-corrected chi connectivity index (χ4v) is 5.37. The Morgan fingerprint density at radius 1 is 1.19 bits per heavy atom. The Labute approximate surface area is 206 Å². The number of piperidine rings is 1. The minimum atomic E-state index is -0.445. The third-order valence-corrected chi connectivity index (χ3v) is 7.31. The molecule has 4 aromatic rings. The maximum absolute atomic E-state index is 12.7. The zero-order chi connectivity index (χ0) is 24.7. The van der Waals surface area contributed by atoms with Gasteiger partial charge in [-0.2, -0.15) is 10.4 Å². The van der Waals surface area contributed by atoms with Gasteiger partial charge in [-0.15, -0.1) is 0 Å². The van der Waals surface area contributed by atoms with E-state index in [1.165, 1.54) is 12.7 Å². The Bertz CT molecular complexity index is 1440. The van der Waals surface area contributed by atoms with Crippen molar-refractivity contribution in [2.75, 3.05) is 31.9 Å². The van der Waals surface area contributed by atoms with Gasteiger partial charge in [0.1, 0.15) is 29.5 Å². The molecule has 0 aromatic carbocycles. The van der Waals surface area contributed by atoms with Crippen LogP contribution >= 0.6 is 0 Å². The molecule has 0 aliphatic carbocycles. The Balaban J connectivity index is 1.16. The van der Waals surface area contributed by atoms with Crippen LogP contribution in [0.15, 0.2) is 43.4 Å². The maximum atomic E-state index is 12.7. The summed E-state index contributed by atoms with van der Waals surface area (Å²) in [4.78, 5) is 36.7. The lowest BCUT2D eigenvalue weighted by Crippen LogP contribution is -2.66. The Hall–Kier alpha value is -4.37. The van der Waals surface area contributed by atoms with Crippen molar-refractivity contribution in [1.29, 1.82) is 5.26 Å². The van der Waals surface area contributed by atoms with Crippen LogP contribution in [0.5, 0.6) is 0 Å². The molecule has 6 heterocycles. The van der Waals surface area contributed by atoms with Gasteiger partial charge in [-0.05, 0) is 25.0 Å². The third kappa shape index (κ3) is 3.64. The highest BCUT2D eigenvalue weighted by Gasteiger charge is 2.48. The number of aromatic nitrogens is 7. The summed E-state index contributed by atoms with van der Waals surface area (Å²) >= 11 is 0. The molecule has 6 rings (SSSR count). The summed E-state index contributed by atoms with van der Waals surface area (Å²) in [5.74, 6) is 0.322. The van der Waals surface area contributed by atoms with Crippen molar-refractivity contribution in [3.63, 3.8) is 0 Å². The standard InChI is InChI=1S/C24H25N11O/c25-6-5-24(35-11-18(21(26)32-35)20-17-1-8-28-22(17)31-15-30-20)12-34(13-24)16-3-9-33(10-4-16)23(36)19-2-7-27-14-29-19/h1-2,7-8,11,14-16H,3-5,9-10,12-13H2,(H2,26,32)(H,28,30,31). The molecule has 12 heteroatoms. The Morgan fingerprint density at radius 2 is 2.03 bits per heavy atom. The van der Waals surface area contributed by atoms with Crippen molar-refractivity contribution < 1.29 is 4.79 Å². The second-order valence-electron chi connectivity index (χ2n) is 9.42. The molecule has 2 saturated heterocycles. The van der Waals surface area contributed by atoms with Crippen LogP contribution in [0.4, 0.5) is 5.82 Å². The minimum Gasteiger partial charge on any atom is -0.382 e. The number of carbonyl (C=O) groups excluding carboxylic acids is 1. The van der Waals surface area contributed by atoms with E-state index < -0.39 is 5.54 Å². The van der Waals surface area contributed by atoms with Crippen LogP contribution in [0.3, 0.4) is 0 Å². The van der Waals surface area contributed by atoms with E-state index in [0.717, 1.165) is 29.4 Å². The average Bonchev–Trinajstić information content (AvgIpc) is 3.53. The number of aromatic amines is 1. The van der Waals surface area contributed by atoms with Crippen LogP contribution in [0, 0.1) is 11.3 Å². The van der Waals surface area contributed by atoms with Gasteiger partial charge in [-0.25, -0.2) is 19.9 Å². The molecular weight excluding hydrogens is 458 g/mol. The van der Waals surface area contributed by atoms with E-state index in [9.17, 15) is 10.1 Å². The molecule has 36 heavy (non-hydrogen) atoms. The van der Waals surface area contributed by atoms with Gasteiger partial charge >= 0.3 is 0 Å². The van der Waals surface area contributed by atoms with Crippen LogP contribution in [-0.4, -0.2) is 82.6 Å². The molecule has 1 amide bonds. The van der Waals surface area contributed by atoms with Crippen LogP contribution < -0.4 is 5.73 Å². The molecule has 4 aromatic heterocycles. The molecule has 0 spiro atoms. The normalized spacial score (nSPS) is 18.1. The number of amides is 1. The average molecular weight is 484 g/mol. The number of hydrogen-bond donors (Lipinski definition) is 2. The number of nitrogens with two attached hydrogens (primary N) is 1. The molecule has 0 unspecified atom stereocenters. The van der Waals surface area contributed by atoms with E-state index in [2.05, 4.69) is 41.0 Å².